The van der Waals surface area contributed by atoms with Crippen LogP contribution in [-0.4, -0.2) is 12.6 Å². The van der Waals surface area contributed by atoms with Gasteiger partial charge in [0.15, 0.2) is 0 Å². The maximum atomic E-state index is 11.8. The van der Waals surface area contributed by atoms with Crippen molar-refractivity contribution < 1.29 is 9.53 Å². The van der Waals surface area contributed by atoms with Crippen LogP contribution in [0.25, 0.3) is 0 Å². The molecule has 0 radical (unpaired) electrons. The molecule has 3 heteroatoms. The molecule has 0 amide bonds. The lowest BCUT2D eigenvalue weighted by molar-refractivity contribution is 0.0428. The normalized spacial score (nSPS) is 12.1. The molecule has 2 N–H and O–H groups in total. The van der Waals surface area contributed by atoms with Gasteiger partial charge in [0, 0.05) is 5.69 Å². The number of hydrogen-bond acceptors (Lipinski definition) is 3. The first-order chi connectivity index (χ1) is 8.67. The first kappa shape index (κ1) is 14.6. The summed E-state index contributed by atoms with van der Waals surface area (Å²) in [5.41, 5.74) is 6.75. The third-order valence-corrected chi connectivity index (χ3v) is 3.12. The van der Waals surface area contributed by atoms with E-state index < -0.39 is 0 Å². The van der Waals surface area contributed by atoms with Gasteiger partial charge in [-0.25, -0.2) is 4.79 Å². The van der Waals surface area contributed by atoms with Crippen molar-refractivity contribution in [2.75, 3.05) is 12.3 Å². The number of rotatable bonds is 7. The molecule has 1 rings (SSSR count). The van der Waals surface area contributed by atoms with E-state index in [1.165, 1.54) is 12.8 Å². The zero-order valence-electron chi connectivity index (χ0n) is 11.3. The zero-order chi connectivity index (χ0) is 13.4. The van der Waals surface area contributed by atoms with Gasteiger partial charge >= 0.3 is 5.97 Å². The van der Waals surface area contributed by atoms with Gasteiger partial charge < -0.3 is 10.5 Å². The van der Waals surface area contributed by atoms with Gasteiger partial charge in [0.1, 0.15) is 0 Å². The van der Waals surface area contributed by atoms with Crippen LogP contribution >= 0.6 is 0 Å². The number of nitrogen functional groups attached to an aromatic ring is 1. The maximum absolute atomic E-state index is 11.8. The fourth-order valence-corrected chi connectivity index (χ4v) is 1.84. The SMILES string of the molecule is CCCCC(CC)COC(=O)c1cccc(N)c1. The van der Waals surface area contributed by atoms with Crippen molar-refractivity contribution in [2.24, 2.45) is 5.92 Å². The summed E-state index contributed by atoms with van der Waals surface area (Å²) in [5.74, 6) is 0.187. The van der Waals surface area contributed by atoms with Crippen LogP contribution in [0.3, 0.4) is 0 Å². The summed E-state index contributed by atoms with van der Waals surface area (Å²) in [7, 11) is 0. The predicted octanol–water partition coefficient (Wildman–Crippen LogP) is 3.64. The van der Waals surface area contributed by atoms with E-state index in [1.807, 2.05) is 0 Å². The second-order valence-corrected chi connectivity index (χ2v) is 4.64. The van der Waals surface area contributed by atoms with Crippen molar-refractivity contribution in [3.8, 4) is 0 Å². The van der Waals surface area contributed by atoms with E-state index in [0.29, 0.717) is 23.8 Å². The lowest BCUT2D eigenvalue weighted by Crippen LogP contribution is -2.14. The molecule has 1 atom stereocenters. The number of carbonyl (C=O) groups excluding carboxylic acids is 1. The van der Waals surface area contributed by atoms with E-state index in [1.54, 1.807) is 24.3 Å². The van der Waals surface area contributed by atoms with Crippen LogP contribution in [0.1, 0.15) is 49.9 Å². The standard InChI is InChI=1S/C15H23NO2/c1-3-5-7-12(4-2)11-18-15(17)13-8-6-9-14(16)10-13/h6,8-10,12H,3-5,7,11,16H2,1-2H3. The summed E-state index contributed by atoms with van der Waals surface area (Å²) in [5, 5.41) is 0. The minimum absolute atomic E-state index is 0.280. The molecular weight excluding hydrogens is 226 g/mol. The average Bonchev–Trinajstić information content (AvgIpc) is 2.38. The van der Waals surface area contributed by atoms with Crippen LogP contribution in [0.5, 0.6) is 0 Å². The second-order valence-electron chi connectivity index (χ2n) is 4.64. The molecule has 0 aliphatic rings. The third-order valence-electron chi connectivity index (χ3n) is 3.12. The molecule has 0 saturated heterocycles. The van der Waals surface area contributed by atoms with E-state index in [-0.39, 0.29) is 5.97 Å². The van der Waals surface area contributed by atoms with Crippen LogP contribution < -0.4 is 5.73 Å². The minimum atomic E-state index is -0.280. The average molecular weight is 249 g/mol. The summed E-state index contributed by atoms with van der Waals surface area (Å²) in [6.45, 7) is 4.81. The molecule has 0 spiro atoms. The van der Waals surface area contributed by atoms with Gasteiger partial charge in [-0.15, -0.1) is 0 Å². The van der Waals surface area contributed by atoms with Crippen LogP contribution in [0.15, 0.2) is 24.3 Å². The van der Waals surface area contributed by atoms with Crippen LogP contribution in [0.2, 0.25) is 0 Å². The molecule has 0 bridgehead atoms. The zero-order valence-corrected chi connectivity index (χ0v) is 11.3. The van der Waals surface area contributed by atoms with Crippen molar-refractivity contribution in [1.82, 2.24) is 0 Å². The van der Waals surface area contributed by atoms with Gasteiger partial charge in [0.25, 0.3) is 0 Å². The molecule has 1 unspecified atom stereocenters. The fraction of sp³-hybridized carbons (Fsp3) is 0.533. The Morgan fingerprint density at radius 1 is 1.39 bits per heavy atom. The Labute approximate surface area is 109 Å². The van der Waals surface area contributed by atoms with Crippen molar-refractivity contribution in [1.29, 1.82) is 0 Å². The van der Waals surface area contributed by atoms with E-state index in [9.17, 15) is 4.79 Å². The molecule has 1 aromatic rings. The number of benzene rings is 1. The van der Waals surface area contributed by atoms with Crippen molar-refractivity contribution >= 4 is 11.7 Å². The number of anilines is 1. The number of nitrogens with two attached hydrogens (primary N) is 1. The van der Waals surface area contributed by atoms with Gasteiger partial charge in [-0.05, 0) is 30.5 Å². The summed E-state index contributed by atoms with van der Waals surface area (Å²) >= 11 is 0. The van der Waals surface area contributed by atoms with Crippen molar-refractivity contribution in [2.45, 2.75) is 39.5 Å². The minimum Gasteiger partial charge on any atom is -0.462 e. The largest absolute Gasteiger partial charge is 0.462 e. The van der Waals surface area contributed by atoms with E-state index in [0.717, 1.165) is 12.8 Å². The Kier molecular flexibility index (Phi) is 6.26. The Morgan fingerprint density at radius 3 is 2.78 bits per heavy atom. The van der Waals surface area contributed by atoms with Gasteiger partial charge in [-0.1, -0.05) is 39.2 Å². The molecule has 100 valence electrons. The molecule has 0 aliphatic carbocycles. The summed E-state index contributed by atoms with van der Waals surface area (Å²) < 4.78 is 5.34. The Hall–Kier alpha value is -1.51. The lowest BCUT2D eigenvalue weighted by atomic mass is 10.0. The van der Waals surface area contributed by atoms with Gasteiger partial charge in [0.2, 0.25) is 0 Å². The molecule has 1 aromatic carbocycles. The smallest absolute Gasteiger partial charge is 0.338 e. The molecule has 0 fully saturated rings. The molecule has 0 saturated carbocycles. The maximum Gasteiger partial charge on any atom is 0.338 e. The van der Waals surface area contributed by atoms with Gasteiger partial charge in [-0.3, -0.25) is 0 Å². The Morgan fingerprint density at radius 2 is 2.17 bits per heavy atom. The number of esters is 1. The van der Waals surface area contributed by atoms with Crippen LogP contribution in [0.4, 0.5) is 5.69 Å². The topological polar surface area (TPSA) is 52.3 Å². The molecular formula is C15H23NO2. The number of hydrogen-bond donors (Lipinski definition) is 1. The predicted molar refractivity (Wildman–Crippen MR) is 74.4 cm³/mol. The first-order valence-electron chi connectivity index (χ1n) is 6.70. The first-order valence-corrected chi connectivity index (χ1v) is 6.70. The summed E-state index contributed by atoms with van der Waals surface area (Å²) in [6, 6.07) is 6.90. The van der Waals surface area contributed by atoms with Crippen molar-refractivity contribution in [3.05, 3.63) is 29.8 Å². The number of unbranched alkanes of at least 4 members (excludes halogenated alkanes) is 1. The highest BCUT2D eigenvalue weighted by atomic mass is 16.5. The third kappa shape index (κ3) is 4.78. The quantitative estimate of drug-likeness (QED) is 0.593. The Bertz CT molecular complexity index is 377. The Balaban J connectivity index is 2.44. The molecule has 3 nitrogen and oxygen atoms in total. The highest BCUT2D eigenvalue weighted by molar-refractivity contribution is 5.90. The highest BCUT2D eigenvalue weighted by Gasteiger charge is 2.11. The lowest BCUT2D eigenvalue weighted by Gasteiger charge is -2.14. The van der Waals surface area contributed by atoms with E-state index in [4.69, 9.17) is 10.5 Å². The number of carbonyl (C=O) groups is 1. The van der Waals surface area contributed by atoms with Crippen LogP contribution in [0, 0.1) is 5.92 Å². The van der Waals surface area contributed by atoms with Crippen LogP contribution in [-0.2, 0) is 4.74 Å². The van der Waals surface area contributed by atoms with E-state index >= 15 is 0 Å². The molecule has 0 heterocycles. The van der Waals surface area contributed by atoms with Gasteiger partial charge in [-0.2, -0.15) is 0 Å². The van der Waals surface area contributed by atoms with E-state index in [2.05, 4.69) is 13.8 Å². The van der Waals surface area contributed by atoms with Gasteiger partial charge in [0.05, 0.1) is 12.2 Å². The summed E-state index contributed by atoms with van der Waals surface area (Å²) in [4.78, 5) is 11.8. The molecule has 0 aromatic heterocycles. The fourth-order valence-electron chi connectivity index (χ4n) is 1.84. The molecule has 18 heavy (non-hydrogen) atoms. The second kappa shape index (κ2) is 7.75. The number of ether oxygens (including phenoxy) is 1. The monoisotopic (exact) mass is 249 g/mol. The highest BCUT2D eigenvalue weighted by Crippen LogP contribution is 2.14. The van der Waals surface area contributed by atoms with Crippen molar-refractivity contribution in [3.63, 3.8) is 0 Å². The molecule has 0 aliphatic heterocycles. The summed E-state index contributed by atoms with van der Waals surface area (Å²) in [6.07, 6.45) is 4.54.